The first-order chi connectivity index (χ1) is 12.6. The molecule has 27 heavy (non-hydrogen) atoms. The number of hydrogen-bond acceptors (Lipinski definition) is 10. The largest absolute Gasteiger partial charge is 0.463 e. The van der Waals surface area contributed by atoms with E-state index in [-0.39, 0.29) is 6.61 Å². The molecule has 0 aromatic rings. The fourth-order valence-electron chi connectivity index (χ4n) is 2.49. The summed E-state index contributed by atoms with van der Waals surface area (Å²) in [4.78, 5) is 45.9. The van der Waals surface area contributed by atoms with E-state index in [4.69, 9.17) is 23.7 Å². The fourth-order valence-corrected chi connectivity index (χ4v) is 3.43. The smallest absolute Gasteiger partial charge is 0.303 e. The summed E-state index contributed by atoms with van der Waals surface area (Å²) in [6, 6.07) is 0. The van der Waals surface area contributed by atoms with Crippen molar-refractivity contribution in [2.24, 2.45) is 0 Å². The lowest BCUT2D eigenvalue weighted by Crippen LogP contribution is -2.61. The molecule has 0 aromatic heterocycles. The standard InChI is InChI=1S/C17H24O9S/c1-6-7-27-17-16(25-12(5)21)15(24-11(4)20)14(23-10(3)19)13(26-17)8-22-9(2)18/h6,13-17H,1,7-8H2,2-5H3. The van der Waals surface area contributed by atoms with E-state index < -0.39 is 53.7 Å². The van der Waals surface area contributed by atoms with Crippen LogP contribution < -0.4 is 0 Å². The molecular formula is C17H24O9S. The van der Waals surface area contributed by atoms with Gasteiger partial charge in [-0.05, 0) is 0 Å². The van der Waals surface area contributed by atoms with Gasteiger partial charge in [-0.1, -0.05) is 6.08 Å². The molecule has 1 aliphatic heterocycles. The summed E-state index contributed by atoms with van der Waals surface area (Å²) in [5, 5.41) is 0. The maximum atomic E-state index is 11.6. The van der Waals surface area contributed by atoms with E-state index in [1.165, 1.54) is 39.5 Å². The van der Waals surface area contributed by atoms with E-state index >= 15 is 0 Å². The van der Waals surface area contributed by atoms with E-state index in [1.807, 2.05) is 0 Å². The van der Waals surface area contributed by atoms with Crippen molar-refractivity contribution in [2.45, 2.75) is 57.5 Å². The second-order valence-electron chi connectivity index (χ2n) is 5.69. The monoisotopic (exact) mass is 404 g/mol. The highest BCUT2D eigenvalue weighted by molar-refractivity contribution is 7.99. The maximum absolute atomic E-state index is 11.6. The van der Waals surface area contributed by atoms with Crippen LogP contribution in [0.3, 0.4) is 0 Å². The summed E-state index contributed by atoms with van der Waals surface area (Å²) < 4.78 is 26.7. The average molecular weight is 404 g/mol. The maximum Gasteiger partial charge on any atom is 0.303 e. The van der Waals surface area contributed by atoms with Gasteiger partial charge >= 0.3 is 23.9 Å². The lowest BCUT2D eigenvalue weighted by Gasteiger charge is -2.44. The lowest BCUT2D eigenvalue weighted by molar-refractivity contribution is -0.237. The Morgan fingerprint density at radius 3 is 1.89 bits per heavy atom. The van der Waals surface area contributed by atoms with Gasteiger partial charge < -0.3 is 23.7 Å². The van der Waals surface area contributed by atoms with Gasteiger partial charge in [0.05, 0.1) is 0 Å². The molecule has 0 saturated carbocycles. The third kappa shape index (κ3) is 7.59. The predicted molar refractivity (Wildman–Crippen MR) is 94.6 cm³/mol. The van der Waals surface area contributed by atoms with Gasteiger partial charge in [0.1, 0.15) is 18.1 Å². The van der Waals surface area contributed by atoms with Crippen molar-refractivity contribution >= 4 is 35.6 Å². The molecule has 1 aliphatic rings. The first-order valence-electron chi connectivity index (χ1n) is 8.18. The second kappa shape index (κ2) is 10.9. The number of carbonyl (C=O) groups is 4. The molecule has 1 saturated heterocycles. The predicted octanol–water partition coefficient (Wildman–Crippen LogP) is 0.989. The van der Waals surface area contributed by atoms with Crippen LogP contribution in [0.25, 0.3) is 0 Å². The molecule has 0 amide bonds. The first kappa shape index (κ1) is 23.0. The van der Waals surface area contributed by atoms with Crippen LogP contribution in [-0.2, 0) is 42.9 Å². The first-order valence-corrected chi connectivity index (χ1v) is 9.23. The molecule has 0 aromatic carbocycles. The van der Waals surface area contributed by atoms with Crippen LogP contribution in [0.2, 0.25) is 0 Å². The van der Waals surface area contributed by atoms with Gasteiger partial charge in [-0.3, -0.25) is 19.2 Å². The highest BCUT2D eigenvalue weighted by atomic mass is 32.2. The summed E-state index contributed by atoms with van der Waals surface area (Å²) in [5.41, 5.74) is -0.761. The SMILES string of the molecule is C=CCSC1OC(COC(C)=O)C(OC(C)=O)C(OC(C)=O)C1OC(C)=O. The zero-order chi connectivity index (χ0) is 20.6. The molecule has 0 bridgehead atoms. The molecule has 0 aliphatic carbocycles. The topological polar surface area (TPSA) is 114 Å². The minimum Gasteiger partial charge on any atom is -0.463 e. The molecular weight excluding hydrogens is 380 g/mol. The second-order valence-corrected chi connectivity index (χ2v) is 6.82. The van der Waals surface area contributed by atoms with Gasteiger partial charge in [0.25, 0.3) is 0 Å². The van der Waals surface area contributed by atoms with Gasteiger partial charge in [-0.15, -0.1) is 18.3 Å². The number of ether oxygens (including phenoxy) is 5. The molecule has 5 atom stereocenters. The number of thioether (sulfide) groups is 1. The van der Waals surface area contributed by atoms with E-state index in [2.05, 4.69) is 6.58 Å². The Morgan fingerprint density at radius 1 is 0.889 bits per heavy atom. The normalized spacial score (nSPS) is 27.2. The highest BCUT2D eigenvalue weighted by Crippen LogP contribution is 2.34. The summed E-state index contributed by atoms with van der Waals surface area (Å²) in [5.74, 6) is -2.04. The van der Waals surface area contributed by atoms with Gasteiger partial charge in [0.15, 0.2) is 18.3 Å². The number of rotatable bonds is 8. The number of carbonyl (C=O) groups excluding carboxylic acids is 4. The van der Waals surface area contributed by atoms with Crippen LogP contribution >= 0.6 is 11.8 Å². The number of esters is 4. The van der Waals surface area contributed by atoms with Crippen molar-refractivity contribution in [3.8, 4) is 0 Å². The Labute approximate surface area is 161 Å². The Balaban J connectivity index is 3.24. The van der Waals surface area contributed by atoms with E-state index in [1.54, 1.807) is 6.08 Å². The molecule has 0 N–H and O–H groups in total. The van der Waals surface area contributed by atoms with Crippen LogP contribution in [0, 0.1) is 0 Å². The van der Waals surface area contributed by atoms with Gasteiger partial charge in [-0.25, -0.2) is 0 Å². The van der Waals surface area contributed by atoms with Crippen molar-refractivity contribution in [3.63, 3.8) is 0 Å². The van der Waals surface area contributed by atoms with Crippen molar-refractivity contribution < 1.29 is 42.9 Å². The molecule has 0 radical (unpaired) electrons. The van der Waals surface area contributed by atoms with Crippen molar-refractivity contribution in [1.29, 1.82) is 0 Å². The van der Waals surface area contributed by atoms with Gasteiger partial charge in [-0.2, -0.15) is 0 Å². The van der Waals surface area contributed by atoms with Crippen LogP contribution in [0.15, 0.2) is 12.7 Å². The molecule has 1 rings (SSSR count). The van der Waals surface area contributed by atoms with Gasteiger partial charge in [0.2, 0.25) is 0 Å². The molecule has 0 spiro atoms. The van der Waals surface area contributed by atoms with Gasteiger partial charge in [0, 0.05) is 33.4 Å². The lowest BCUT2D eigenvalue weighted by atomic mass is 9.99. The Bertz CT molecular complexity index is 577. The zero-order valence-corrected chi connectivity index (χ0v) is 16.5. The highest BCUT2D eigenvalue weighted by Gasteiger charge is 2.52. The average Bonchev–Trinajstić information content (AvgIpc) is 2.54. The minimum atomic E-state index is -1.13. The Kier molecular flexibility index (Phi) is 9.30. The van der Waals surface area contributed by atoms with Crippen LogP contribution in [0.5, 0.6) is 0 Å². The van der Waals surface area contributed by atoms with E-state index in [0.29, 0.717) is 5.75 Å². The fraction of sp³-hybridized carbons (Fsp3) is 0.647. The van der Waals surface area contributed by atoms with Crippen LogP contribution in [-0.4, -0.2) is 66.1 Å². The van der Waals surface area contributed by atoms with Crippen molar-refractivity contribution in [3.05, 3.63) is 12.7 Å². The summed E-state index contributed by atoms with van der Waals surface area (Å²) in [7, 11) is 0. The molecule has 1 fully saturated rings. The third-order valence-electron chi connectivity index (χ3n) is 3.33. The third-order valence-corrected chi connectivity index (χ3v) is 4.46. The Hall–Kier alpha value is -2.07. The van der Waals surface area contributed by atoms with Crippen molar-refractivity contribution in [1.82, 2.24) is 0 Å². The quantitative estimate of drug-likeness (QED) is 0.329. The zero-order valence-electron chi connectivity index (χ0n) is 15.7. The van der Waals surface area contributed by atoms with E-state index in [9.17, 15) is 19.2 Å². The summed E-state index contributed by atoms with van der Waals surface area (Å²) >= 11 is 1.25. The Morgan fingerprint density at radius 2 is 1.41 bits per heavy atom. The minimum absolute atomic E-state index is 0.233. The summed E-state index contributed by atoms with van der Waals surface area (Å²) in [6.07, 6.45) is -2.59. The molecule has 5 unspecified atom stereocenters. The van der Waals surface area contributed by atoms with Crippen LogP contribution in [0.1, 0.15) is 27.7 Å². The number of hydrogen-bond donors (Lipinski definition) is 0. The van der Waals surface area contributed by atoms with Crippen LogP contribution in [0.4, 0.5) is 0 Å². The molecule has 9 nitrogen and oxygen atoms in total. The summed E-state index contributed by atoms with van der Waals surface area (Å²) in [6.45, 7) is 8.16. The van der Waals surface area contributed by atoms with Crippen molar-refractivity contribution in [2.75, 3.05) is 12.4 Å². The van der Waals surface area contributed by atoms with E-state index in [0.717, 1.165) is 0 Å². The molecule has 10 heteroatoms. The molecule has 1 heterocycles. The molecule has 152 valence electrons.